The topological polar surface area (TPSA) is 48.5 Å². The molecule has 5 heteroatoms. The molecule has 3 rings (SSSR count). The van der Waals surface area contributed by atoms with Crippen LogP contribution in [0.4, 0.5) is 4.39 Å². The summed E-state index contributed by atoms with van der Waals surface area (Å²) in [5.41, 5.74) is 3.45. The summed E-state index contributed by atoms with van der Waals surface area (Å²) in [7, 11) is 1.69. The zero-order valence-electron chi connectivity index (χ0n) is 23.3. The molecule has 0 amide bonds. The van der Waals surface area contributed by atoms with Crippen molar-refractivity contribution in [1.82, 2.24) is 16.0 Å². The van der Waals surface area contributed by atoms with Crippen LogP contribution in [0.3, 0.4) is 0 Å². The van der Waals surface area contributed by atoms with E-state index in [1.165, 1.54) is 76.1 Å². The Morgan fingerprint density at radius 2 is 1.70 bits per heavy atom. The number of nitrogens with zero attached hydrogens (tertiary/aromatic N) is 1. The Morgan fingerprint density at radius 1 is 1.11 bits per heavy atom. The Morgan fingerprint density at radius 3 is 2.22 bits per heavy atom. The summed E-state index contributed by atoms with van der Waals surface area (Å²) in [5, 5.41) is 9.11. The van der Waals surface area contributed by atoms with Crippen LogP contribution in [0.25, 0.3) is 5.70 Å². The van der Waals surface area contributed by atoms with Crippen LogP contribution in [0.15, 0.2) is 47.6 Å². The van der Waals surface area contributed by atoms with Crippen LogP contribution >= 0.6 is 0 Å². The summed E-state index contributed by atoms with van der Waals surface area (Å²) in [6.45, 7) is 13.0. The lowest BCUT2D eigenvalue weighted by atomic mass is 9.95. The molecule has 1 saturated carbocycles. The standard InChI is InChI=1S/C20H29FN2.C7H13N.C3H5N.C2H2/c1-4-17(2)12-8-6-5-7-11-15-23-20(16-22-3)18-13-9-10-14-19(18)21;1-2-7(1)3-5-8-6-4-7;1-3-4-2;1-2/h9-10,13-14,16,23H,2-8,11-12,15H2,1H3;8H,1-6H2;1,4H,2H3;1-2H/b20-16-;;;. The second kappa shape index (κ2) is 22.2. The molecule has 2 fully saturated rings. The minimum Gasteiger partial charge on any atom is -0.383 e. The largest absolute Gasteiger partial charge is 0.383 e. The predicted octanol–water partition coefficient (Wildman–Crippen LogP) is 6.92. The van der Waals surface area contributed by atoms with Crippen molar-refractivity contribution in [2.24, 2.45) is 10.4 Å². The minimum absolute atomic E-state index is 0.244. The molecule has 2 aliphatic rings. The lowest BCUT2D eigenvalue weighted by Gasteiger charge is -2.20. The van der Waals surface area contributed by atoms with Gasteiger partial charge < -0.3 is 16.0 Å². The quantitative estimate of drug-likeness (QED) is 0.0944. The van der Waals surface area contributed by atoms with Crippen LogP contribution in [0, 0.1) is 36.5 Å². The highest BCUT2D eigenvalue weighted by molar-refractivity contribution is 5.64. The van der Waals surface area contributed by atoms with Gasteiger partial charge in [-0.3, -0.25) is 4.99 Å². The van der Waals surface area contributed by atoms with Gasteiger partial charge in [-0.1, -0.05) is 56.9 Å². The van der Waals surface area contributed by atoms with Gasteiger partial charge in [-0.05, 0) is 88.7 Å². The fourth-order valence-electron chi connectivity index (χ4n) is 4.05. The highest BCUT2D eigenvalue weighted by Crippen LogP contribution is 2.52. The maximum Gasteiger partial charge on any atom is 0.132 e. The normalized spacial score (nSPS) is 14.6. The molecule has 1 heterocycles. The zero-order valence-corrected chi connectivity index (χ0v) is 23.3. The number of nitrogens with one attached hydrogen (secondary N) is 3. The van der Waals surface area contributed by atoms with Gasteiger partial charge in [0.2, 0.25) is 0 Å². The van der Waals surface area contributed by atoms with E-state index < -0.39 is 0 Å². The van der Waals surface area contributed by atoms with Crippen molar-refractivity contribution in [2.75, 3.05) is 26.7 Å². The van der Waals surface area contributed by atoms with E-state index in [0.717, 1.165) is 31.2 Å². The molecule has 1 aliphatic heterocycles. The molecule has 0 radical (unpaired) electrons. The zero-order chi connectivity index (χ0) is 27.8. The van der Waals surface area contributed by atoms with Crippen LogP contribution in [-0.4, -0.2) is 33.4 Å². The summed E-state index contributed by atoms with van der Waals surface area (Å²) >= 11 is 0. The van der Waals surface area contributed by atoms with Crippen LogP contribution in [0.5, 0.6) is 0 Å². The van der Waals surface area contributed by atoms with E-state index in [2.05, 4.69) is 66.5 Å². The maximum absolute atomic E-state index is 13.8. The van der Waals surface area contributed by atoms with Crippen LogP contribution < -0.4 is 16.0 Å². The number of terminal acetylenes is 2. The predicted molar refractivity (Wildman–Crippen MR) is 161 cm³/mol. The molecular formula is C32H49FN4. The molecule has 4 nitrogen and oxygen atoms in total. The molecule has 1 aromatic carbocycles. The first kappa shape index (κ1) is 34.0. The third kappa shape index (κ3) is 16.4. The lowest BCUT2D eigenvalue weighted by molar-refractivity contribution is 0.353. The van der Waals surface area contributed by atoms with Crippen molar-refractivity contribution in [3.63, 3.8) is 0 Å². The molecule has 0 bridgehead atoms. The number of hydrogen-bond acceptors (Lipinski definition) is 4. The summed E-state index contributed by atoms with van der Waals surface area (Å²) in [6.07, 6.45) is 28.4. The van der Waals surface area contributed by atoms with Gasteiger partial charge in [0.15, 0.2) is 0 Å². The molecule has 1 saturated heterocycles. The van der Waals surface area contributed by atoms with Gasteiger partial charge in [0, 0.05) is 31.4 Å². The van der Waals surface area contributed by atoms with Crippen molar-refractivity contribution in [3.05, 3.63) is 54.0 Å². The van der Waals surface area contributed by atoms with Crippen molar-refractivity contribution in [2.45, 2.75) is 77.6 Å². The van der Waals surface area contributed by atoms with Crippen molar-refractivity contribution in [3.8, 4) is 25.3 Å². The smallest absolute Gasteiger partial charge is 0.132 e. The Balaban J connectivity index is 0.000000746. The van der Waals surface area contributed by atoms with E-state index in [0.29, 0.717) is 11.3 Å². The summed E-state index contributed by atoms with van der Waals surface area (Å²) in [5.74, 6) is -0.244. The third-order valence-electron chi connectivity index (χ3n) is 6.67. The minimum atomic E-state index is -0.244. The van der Waals surface area contributed by atoms with Gasteiger partial charge in [-0.2, -0.15) is 0 Å². The summed E-state index contributed by atoms with van der Waals surface area (Å²) in [6, 6.07) is 8.89. The first-order chi connectivity index (χ1) is 18.0. The van der Waals surface area contributed by atoms with E-state index in [1.807, 2.05) is 6.07 Å². The number of allylic oxidation sites excluding steroid dienone is 1. The second-order valence-corrected chi connectivity index (χ2v) is 9.40. The maximum atomic E-state index is 13.8. The number of piperidine rings is 1. The highest BCUT2D eigenvalue weighted by atomic mass is 19.1. The molecule has 0 aromatic heterocycles. The van der Waals surface area contributed by atoms with Gasteiger partial charge in [0.25, 0.3) is 0 Å². The molecule has 204 valence electrons. The third-order valence-corrected chi connectivity index (χ3v) is 6.67. The fourth-order valence-corrected chi connectivity index (χ4v) is 4.05. The molecule has 0 atom stereocenters. The number of benzene rings is 1. The lowest BCUT2D eigenvalue weighted by Crippen LogP contribution is -2.28. The van der Waals surface area contributed by atoms with Gasteiger partial charge >= 0.3 is 0 Å². The van der Waals surface area contributed by atoms with Crippen LogP contribution in [-0.2, 0) is 0 Å². The van der Waals surface area contributed by atoms with E-state index in [1.54, 1.807) is 25.4 Å². The Kier molecular flexibility index (Phi) is 20.4. The van der Waals surface area contributed by atoms with Gasteiger partial charge in [0.05, 0.1) is 5.70 Å². The van der Waals surface area contributed by atoms with Gasteiger partial charge in [-0.15, -0.1) is 12.8 Å². The van der Waals surface area contributed by atoms with Crippen LogP contribution in [0.2, 0.25) is 0 Å². The van der Waals surface area contributed by atoms with E-state index in [-0.39, 0.29) is 5.82 Å². The fraction of sp³-hybridized carbons (Fsp3) is 0.531. The Hall–Kier alpha value is -3.02. The van der Waals surface area contributed by atoms with Crippen molar-refractivity contribution in [1.29, 1.82) is 0 Å². The number of hydrogen-bond donors (Lipinski definition) is 3. The first-order valence-corrected chi connectivity index (χ1v) is 13.5. The molecule has 0 unspecified atom stereocenters. The first-order valence-electron chi connectivity index (χ1n) is 13.5. The number of aliphatic imine (C=N–C) groups is 1. The van der Waals surface area contributed by atoms with E-state index >= 15 is 0 Å². The van der Waals surface area contributed by atoms with Crippen molar-refractivity contribution < 1.29 is 4.39 Å². The number of rotatable bonds is 12. The molecule has 37 heavy (non-hydrogen) atoms. The molecular weight excluding hydrogens is 459 g/mol. The van der Waals surface area contributed by atoms with E-state index in [4.69, 9.17) is 0 Å². The number of unbranched alkanes of at least 4 members (excludes halogenated alkanes) is 4. The second-order valence-electron chi connectivity index (χ2n) is 9.40. The highest BCUT2D eigenvalue weighted by Gasteiger charge is 2.42. The monoisotopic (exact) mass is 508 g/mol. The van der Waals surface area contributed by atoms with E-state index in [9.17, 15) is 4.39 Å². The Bertz CT molecular complexity index is 838. The Labute approximate surface area is 226 Å². The SMILES string of the molecule is C#C.C#CNC.C1CC2(CCN1)CC2.C=N/C=C(\NCCCCCCCC(=C)CC)c1ccccc1F. The van der Waals surface area contributed by atoms with Crippen molar-refractivity contribution >= 4 is 12.4 Å². The molecule has 3 N–H and O–H groups in total. The molecule has 1 spiro atoms. The summed E-state index contributed by atoms with van der Waals surface area (Å²) in [4.78, 5) is 3.77. The average Bonchev–Trinajstić information content (AvgIpc) is 3.69. The number of halogens is 1. The average molecular weight is 509 g/mol. The molecule has 1 aromatic rings. The molecule has 1 aliphatic carbocycles. The van der Waals surface area contributed by atoms with Crippen LogP contribution in [0.1, 0.15) is 83.1 Å². The van der Waals surface area contributed by atoms with Gasteiger partial charge in [-0.25, -0.2) is 4.39 Å². The summed E-state index contributed by atoms with van der Waals surface area (Å²) < 4.78 is 13.8. The van der Waals surface area contributed by atoms with Gasteiger partial charge in [0.1, 0.15) is 5.82 Å².